The van der Waals surface area contributed by atoms with Crippen molar-refractivity contribution in [1.82, 2.24) is 10.7 Å². The monoisotopic (exact) mass is 223 g/mol. The van der Waals surface area contributed by atoms with Crippen molar-refractivity contribution < 1.29 is 0 Å². The van der Waals surface area contributed by atoms with Crippen molar-refractivity contribution >= 4 is 27.5 Å². The number of hydrogen-bond acceptors (Lipinski definition) is 3. The molecule has 0 aromatic carbocycles. The van der Waals surface area contributed by atoms with E-state index in [-0.39, 0.29) is 6.17 Å². The van der Waals surface area contributed by atoms with E-state index < -0.39 is 0 Å². The maximum absolute atomic E-state index is 5.66. The van der Waals surface area contributed by atoms with Gasteiger partial charge in [-0.1, -0.05) is 27.5 Å². The Bertz CT molecular complexity index is 189. The van der Waals surface area contributed by atoms with Crippen LogP contribution in [0.25, 0.3) is 0 Å². The summed E-state index contributed by atoms with van der Waals surface area (Å²) in [6.45, 7) is 0. The number of dihydropyridines is 1. The predicted molar refractivity (Wildman–Crippen MR) is 45.2 cm³/mol. The lowest BCUT2D eigenvalue weighted by atomic mass is 10.3. The average Bonchev–Trinajstić information content (AvgIpc) is 1.88. The highest BCUT2D eigenvalue weighted by atomic mass is 79.9. The van der Waals surface area contributed by atoms with Crippen molar-refractivity contribution in [3.63, 3.8) is 0 Å². The Morgan fingerprint density at radius 2 is 2.50 bits per heavy atom. The molecule has 1 aliphatic heterocycles. The van der Waals surface area contributed by atoms with Gasteiger partial charge < -0.3 is 5.32 Å². The standard InChI is InChI=1S/C5H7BrClN3/c6-4-1-3(7)2-9-5(4)10-8/h1-2,5,9-10H,8H2. The van der Waals surface area contributed by atoms with Gasteiger partial charge in [-0.15, -0.1) is 0 Å². The molecule has 10 heavy (non-hydrogen) atoms. The van der Waals surface area contributed by atoms with Gasteiger partial charge in [0.25, 0.3) is 0 Å². The van der Waals surface area contributed by atoms with Crippen LogP contribution in [-0.2, 0) is 0 Å². The molecule has 0 saturated carbocycles. The van der Waals surface area contributed by atoms with Crippen LogP contribution in [0.3, 0.4) is 0 Å². The first-order chi connectivity index (χ1) is 4.74. The largest absolute Gasteiger partial charge is 0.369 e. The van der Waals surface area contributed by atoms with Crippen molar-refractivity contribution in [3.8, 4) is 0 Å². The van der Waals surface area contributed by atoms with Crippen molar-refractivity contribution in [2.45, 2.75) is 6.17 Å². The number of nitrogens with one attached hydrogen (secondary N) is 2. The van der Waals surface area contributed by atoms with Crippen LogP contribution in [0.5, 0.6) is 0 Å². The molecular formula is C5H7BrClN3. The molecular weight excluding hydrogens is 217 g/mol. The number of hydrogen-bond donors (Lipinski definition) is 3. The Balaban J connectivity index is 2.68. The zero-order valence-corrected chi connectivity index (χ0v) is 7.41. The Morgan fingerprint density at radius 1 is 1.80 bits per heavy atom. The topological polar surface area (TPSA) is 50.1 Å². The Kier molecular flexibility index (Phi) is 2.73. The molecule has 5 heteroatoms. The first-order valence-corrected chi connectivity index (χ1v) is 3.86. The van der Waals surface area contributed by atoms with Gasteiger partial charge in [-0.2, -0.15) is 0 Å². The third kappa shape index (κ3) is 1.73. The van der Waals surface area contributed by atoms with Gasteiger partial charge in [-0.05, 0) is 6.08 Å². The summed E-state index contributed by atoms with van der Waals surface area (Å²) in [5, 5.41) is 3.57. The molecule has 56 valence electrons. The molecule has 4 N–H and O–H groups in total. The second-order valence-corrected chi connectivity index (χ2v) is 3.18. The zero-order valence-electron chi connectivity index (χ0n) is 5.07. The fourth-order valence-electron chi connectivity index (χ4n) is 0.627. The highest BCUT2D eigenvalue weighted by molar-refractivity contribution is 9.11. The smallest absolute Gasteiger partial charge is 0.122 e. The fourth-order valence-corrected chi connectivity index (χ4v) is 1.45. The van der Waals surface area contributed by atoms with E-state index in [0.717, 1.165) is 4.48 Å². The quantitative estimate of drug-likeness (QED) is 0.455. The maximum atomic E-state index is 5.66. The van der Waals surface area contributed by atoms with Gasteiger partial charge in [0.15, 0.2) is 0 Å². The van der Waals surface area contributed by atoms with Gasteiger partial charge >= 0.3 is 0 Å². The summed E-state index contributed by atoms with van der Waals surface area (Å²) in [4.78, 5) is 0. The number of rotatable bonds is 1. The highest BCUT2D eigenvalue weighted by Gasteiger charge is 2.11. The lowest BCUT2D eigenvalue weighted by molar-refractivity contribution is 0.561. The molecule has 0 amide bonds. The van der Waals surface area contributed by atoms with Gasteiger partial charge in [-0.3, -0.25) is 5.84 Å². The third-order valence-electron chi connectivity index (χ3n) is 1.11. The van der Waals surface area contributed by atoms with Gasteiger partial charge in [-0.25, -0.2) is 5.43 Å². The predicted octanol–water partition coefficient (Wildman–Crippen LogP) is 0.738. The van der Waals surface area contributed by atoms with Crippen molar-refractivity contribution in [2.24, 2.45) is 5.84 Å². The van der Waals surface area contributed by atoms with E-state index in [1.165, 1.54) is 0 Å². The van der Waals surface area contributed by atoms with Crippen molar-refractivity contribution in [3.05, 3.63) is 21.8 Å². The second kappa shape index (κ2) is 3.39. The molecule has 0 fully saturated rings. The molecule has 0 saturated heterocycles. The van der Waals surface area contributed by atoms with Crippen molar-refractivity contribution in [1.29, 1.82) is 0 Å². The Morgan fingerprint density at radius 3 is 3.00 bits per heavy atom. The van der Waals surface area contributed by atoms with Crippen LogP contribution in [0.1, 0.15) is 0 Å². The molecule has 0 aromatic rings. The lowest BCUT2D eigenvalue weighted by Crippen LogP contribution is -2.45. The first-order valence-electron chi connectivity index (χ1n) is 2.69. The maximum Gasteiger partial charge on any atom is 0.122 e. The van der Waals surface area contributed by atoms with E-state index in [2.05, 4.69) is 26.7 Å². The summed E-state index contributed by atoms with van der Waals surface area (Å²) in [7, 11) is 0. The SMILES string of the molecule is NNC1NC=C(Cl)C=C1Br. The lowest BCUT2D eigenvalue weighted by Gasteiger charge is -2.19. The molecule has 0 bridgehead atoms. The van der Waals surface area contributed by atoms with Crippen LogP contribution >= 0.6 is 27.5 Å². The van der Waals surface area contributed by atoms with Crippen LogP contribution in [0.15, 0.2) is 21.8 Å². The van der Waals surface area contributed by atoms with Crippen LogP contribution in [0, 0.1) is 0 Å². The summed E-state index contributed by atoms with van der Waals surface area (Å²) in [6.07, 6.45) is 3.39. The van der Waals surface area contributed by atoms with Gasteiger partial charge in [0.2, 0.25) is 0 Å². The van der Waals surface area contributed by atoms with Gasteiger partial charge in [0, 0.05) is 10.7 Å². The third-order valence-corrected chi connectivity index (χ3v) is 2.01. The van der Waals surface area contributed by atoms with Gasteiger partial charge in [0.05, 0.1) is 5.03 Å². The fraction of sp³-hybridized carbons (Fsp3) is 0.200. The number of halogens is 2. The highest BCUT2D eigenvalue weighted by Crippen LogP contribution is 2.18. The summed E-state index contributed by atoms with van der Waals surface area (Å²) in [5.41, 5.74) is 2.54. The van der Waals surface area contributed by atoms with Crippen LogP contribution in [-0.4, -0.2) is 6.17 Å². The molecule has 1 rings (SSSR count). The minimum absolute atomic E-state index is 0.0671. The average molecular weight is 224 g/mol. The minimum Gasteiger partial charge on any atom is -0.369 e. The van der Waals surface area contributed by atoms with E-state index in [4.69, 9.17) is 17.4 Å². The van der Waals surface area contributed by atoms with E-state index in [1.807, 2.05) is 0 Å². The number of nitrogens with two attached hydrogens (primary N) is 1. The van der Waals surface area contributed by atoms with E-state index in [0.29, 0.717) is 5.03 Å². The number of hydrazine groups is 1. The normalized spacial score (nSPS) is 24.9. The summed E-state index contributed by atoms with van der Waals surface area (Å²) >= 11 is 8.94. The van der Waals surface area contributed by atoms with E-state index >= 15 is 0 Å². The molecule has 1 aliphatic rings. The Labute approximate surface area is 72.4 Å². The molecule has 1 atom stereocenters. The molecule has 3 nitrogen and oxygen atoms in total. The second-order valence-electron chi connectivity index (χ2n) is 1.82. The number of allylic oxidation sites excluding steroid dienone is 2. The minimum atomic E-state index is -0.0671. The van der Waals surface area contributed by atoms with Crippen LogP contribution in [0.2, 0.25) is 0 Å². The van der Waals surface area contributed by atoms with Crippen LogP contribution < -0.4 is 16.6 Å². The zero-order chi connectivity index (χ0) is 7.56. The van der Waals surface area contributed by atoms with Crippen LogP contribution in [0.4, 0.5) is 0 Å². The molecule has 1 heterocycles. The Hall–Kier alpha value is -0.0300. The molecule has 0 aliphatic carbocycles. The van der Waals surface area contributed by atoms with E-state index in [1.54, 1.807) is 12.3 Å². The molecule has 1 unspecified atom stereocenters. The molecule has 0 aromatic heterocycles. The summed E-state index contributed by atoms with van der Waals surface area (Å²) in [6, 6.07) is 0. The van der Waals surface area contributed by atoms with Crippen molar-refractivity contribution in [2.75, 3.05) is 0 Å². The molecule has 0 radical (unpaired) electrons. The summed E-state index contributed by atoms with van der Waals surface area (Å²) in [5.74, 6) is 5.18. The van der Waals surface area contributed by atoms with E-state index in [9.17, 15) is 0 Å². The van der Waals surface area contributed by atoms with Gasteiger partial charge in [0.1, 0.15) is 6.17 Å². The first kappa shape index (κ1) is 8.07. The molecule has 0 spiro atoms. The summed E-state index contributed by atoms with van der Waals surface area (Å²) < 4.78 is 0.891.